The zero-order valence-corrected chi connectivity index (χ0v) is 16.2. The van der Waals surface area contributed by atoms with E-state index in [9.17, 15) is 22.4 Å². The van der Waals surface area contributed by atoms with Gasteiger partial charge in [-0.3, -0.25) is 14.8 Å². The molecule has 1 aromatic heterocycles. The summed E-state index contributed by atoms with van der Waals surface area (Å²) in [6.45, 7) is -4.84. The van der Waals surface area contributed by atoms with Crippen LogP contribution in [0.2, 0.25) is 0 Å². The molecule has 0 N–H and O–H groups in total. The van der Waals surface area contributed by atoms with Crippen LogP contribution in [0, 0.1) is 0 Å². The van der Waals surface area contributed by atoms with E-state index in [4.69, 9.17) is 0 Å². The van der Waals surface area contributed by atoms with Gasteiger partial charge in [0.05, 0.1) is 18.4 Å². The maximum Gasteiger partial charge on any atom is 0.387 e. The fourth-order valence-electron chi connectivity index (χ4n) is 2.83. The van der Waals surface area contributed by atoms with Gasteiger partial charge < -0.3 is 14.4 Å². The highest BCUT2D eigenvalue weighted by Crippen LogP contribution is 2.37. The van der Waals surface area contributed by atoms with Crippen molar-refractivity contribution in [1.82, 2.24) is 9.97 Å². The Morgan fingerprint density at radius 2 is 1.58 bits per heavy atom. The molecule has 6 nitrogen and oxygen atoms in total. The number of ketones is 1. The van der Waals surface area contributed by atoms with Gasteiger partial charge >= 0.3 is 13.2 Å². The first-order chi connectivity index (χ1) is 14.8. The number of anilines is 2. The molecule has 0 radical (unpaired) electrons. The van der Waals surface area contributed by atoms with Crippen molar-refractivity contribution in [3.63, 3.8) is 0 Å². The SMILES string of the molecule is CC(=O)c1ccc(N(Cc2cnccn2)c2ccc(OC(F)F)c(OC(F)F)c2)cc1. The maximum atomic E-state index is 12.8. The Bertz CT molecular complexity index is 1020. The van der Waals surface area contributed by atoms with Gasteiger partial charge in [-0.05, 0) is 43.3 Å². The number of alkyl halides is 4. The zero-order chi connectivity index (χ0) is 22.4. The number of Topliss-reactive ketones (excluding diaryl/α,β-unsaturated/α-hetero) is 1. The average molecular weight is 435 g/mol. The number of halogens is 4. The first kappa shape index (κ1) is 22.0. The first-order valence-electron chi connectivity index (χ1n) is 9.00. The summed E-state index contributed by atoms with van der Waals surface area (Å²) < 4.78 is 59.6. The Hall–Kier alpha value is -3.69. The topological polar surface area (TPSA) is 64.6 Å². The normalized spacial score (nSPS) is 10.9. The molecule has 0 saturated heterocycles. The summed E-state index contributed by atoms with van der Waals surface area (Å²) in [5.74, 6) is -1.18. The van der Waals surface area contributed by atoms with Crippen molar-refractivity contribution in [2.45, 2.75) is 26.7 Å². The Kier molecular flexibility index (Phi) is 7.01. The minimum absolute atomic E-state index is 0.117. The quantitative estimate of drug-likeness (QED) is 0.339. The van der Waals surface area contributed by atoms with Gasteiger partial charge in [-0.15, -0.1) is 0 Å². The summed E-state index contributed by atoms with van der Waals surface area (Å²) in [4.78, 5) is 21.5. The summed E-state index contributed by atoms with van der Waals surface area (Å²) in [6, 6.07) is 10.3. The molecule has 3 rings (SSSR count). The number of ether oxygens (including phenoxy) is 2. The van der Waals surface area contributed by atoms with E-state index in [0.717, 1.165) is 6.07 Å². The lowest BCUT2D eigenvalue weighted by molar-refractivity contribution is -0.0692. The summed E-state index contributed by atoms with van der Waals surface area (Å²) in [5.41, 5.74) is 1.99. The molecule has 0 saturated carbocycles. The van der Waals surface area contributed by atoms with Crippen LogP contribution in [-0.2, 0) is 6.54 Å². The number of rotatable bonds is 9. The van der Waals surface area contributed by atoms with Crippen molar-refractivity contribution >= 4 is 17.2 Å². The largest absolute Gasteiger partial charge is 0.431 e. The zero-order valence-electron chi connectivity index (χ0n) is 16.2. The molecule has 1 heterocycles. The van der Waals surface area contributed by atoms with Gasteiger partial charge in [0, 0.05) is 35.4 Å². The third-order valence-corrected chi connectivity index (χ3v) is 4.19. The van der Waals surface area contributed by atoms with E-state index in [1.807, 2.05) is 0 Å². The van der Waals surface area contributed by atoms with Crippen molar-refractivity contribution in [3.05, 3.63) is 72.3 Å². The molecule has 0 aliphatic rings. The van der Waals surface area contributed by atoms with E-state index in [1.165, 1.54) is 37.6 Å². The molecule has 0 aliphatic carbocycles. The number of carbonyl (C=O) groups is 1. The predicted octanol–water partition coefficient (Wildman–Crippen LogP) is 5.22. The summed E-state index contributed by atoms with van der Waals surface area (Å²) >= 11 is 0. The van der Waals surface area contributed by atoms with Gasteiger partial charge in [0.15, 0.2) is 17.3 Å². The smallest absolute Gasteiger partial charge is 0.387 e. The number of hydrogen-bond acceptors (Lipinski definition) is 6. The molecule has 162 valence electrons. The van der Waals surface area contributed by atoms with Gasteiger partial charge in [0.1, 0.15) is 0 Å². The lowest BCUT2D eigenvalue weighted by Gasteiger charge is -2.26. The molecule has 0 aliphatic heterocycles. The van der Waals surface area contributed by atoms with E-state index < -0.39 is 24.7 Å². The van der Waals surface area contributed by atoms with Crippen molar-refractivity contribution in [1.29, 1.82) is 0 Å². The first-order valence-corrected chi connectivity index (χ1v) is 9.00. The van der Waals surface area contributed by atoms with Crippen LogP contribution in [0.5, 0.6) is 11.5 Å². The lowest BCUT2D eigenvalue weighted by Crippen LogP contribution is -2.18. The van der Waals surface area contributed by atoms with Crippen LogP contribution in [0.1, 0.15) is 23.0 Å². The molecule has 0 fully saturated rings. The van der Waals surface area contributed by atoms with Crippen LogP contribution < -0.4 is 14.4 Å². The van der Waals surface area contributed by atoms with E-state index in [2.05, 4.69) is 19.4 Å². The Morgan fingerprint density at radius 3 is 2.16 bits per heavy atom. The van der Waals surface area contributed by atoms with E-state index in [-0.39, 0.29) is 12.3 Å². The van der Waals surface area contributed by atoms with Gasteiger partial charge in [0.25, 0.3) is 0 Å². The Labute approximate surface area is 175 Å². The van der Waals surface area contributed by atoms with Crippen LogP contribution in [0.25, 0.3) is 0 Å². The number of aromatic nitrogens is 2. The molecule has 2 aromatic carbocycles. The average Bonchev–Trinajstić information content (AvgIpc) is 2.73. The molecule has 0 unspecified atom stereocenters. The van der Waals surface area contributed by atoms with Crippen LogP contribution in [-0.4, -0.2) is 29.0 Å². The van der Waals surface area contributed by atoms with E-state index in [1.54, 1.807) is 29.2 Å². The van der Waals surface area contributed by atoms with Gasteiger partial charge in [-0.25, -0.2) is 0 Å². The highest BCUT2D eigenvalue weighted by atomic mass is 19.3. The summed E-state index contributed by atoms with van der Waals surface area (Å²) in [5, 5.41) is 0. The molecular weight excluding hydrogens is 418 g/mol. The van der Waals surface area contributed by atoms with Crippen molar-refractivity contribution in [3.8, 4) is 11.5 Å². The molecule has 31 heavy (non-hydrogen) atoms. The fraction of sp³-hybridized carbons (Fsp3) is 0.190. The minimum Gasteiger partial charge on any atom is -0.431 e. The highest BCUT2D eigenvalue weighted by molar-refractivity contribution is 5.94. The van der Waals surface area contributed by atoms with Crippen molar-refractivity contribution in [2.24, 2.45) is 0 Å². The highest BCUT2D eigenvalue weighted by Gasteiger charge is 2.19. The molecule has 0 atom stereocenters. The molecular formula is C21H17F4N3O3. The fourth-order valence-corrected chi connectivity index (χ4v) is 2.83. The summed E-state index contributed by atoms with van der Waals surface area (Å²) in [6.07, 6.45) is 4.53. The van der Waals surface area contributed by atoms with Crippen LogP contribution in [0.15, 0.2) is 61.1 Å². The number of carbonyl (C=O) groups excluding carboxylic acids is 1. The predicted molar refractivity (Wildman–Crippen MR) is 104 cm³/mol. The number of hydrogen-bond donors (Lipinski definition) is 0. The van der Waals surface area contributed by atoms with Crippen LogP contribution in [0.3, 0.4) is 0 Å². The van der Waals surface area contributed by atoms with Crippen LogP contribution in [0.4, 0.5) is 28.9 Å². The van der Waals surface area contributed by atoms with Crippen molar-refractivity contribution < 1.29 is 31.8 Å². The third kappa shape index (κ3) is 5.91. The van der Waals surface area contributed by atoms with Gasteiger partial charge in [-0.1, -0.05) is 0 Å². The molecule has 0 spiro atoms. The van der Waals surface area contributed by atoms with Crippen molar-refractivity contribution in [2.75, 3.05) is 4.90 Å². The molecule has 0 amide bonds. The Morgan fingerprint density at radius 1 is 0.935 bits per heavy atom. The second kappa shape index (κ2) is 9.88. The third-order valence-electron chi connectivity index (χ3n) is 4.19. The number of nitrogens with zero attached hydrogens (tertiary/aromatic N) is 3. The second-order valence-electron chi connectivity index (χ2n) is 6.27. The maximum absolute atomic E-state index is 12.8. The monoisotopic (exact) mass is 435 g/mol. The van der Waals surface area contributed by atoms with Gasteiger partial charge in [-0.2, -0.15) is 17.6 Å². The van der Waals surface area contributed by atoms with Gasteiger partial charge in [0.2, 0.25) is 0 Å². The summed E-state index contributed by atoms with van der Waals surface area (Å²) in [7, 11) is 0. The lowest BCUT2D eigenvalue weighted by atomic mass is 10.1. The molecule has 3 aromatic rings. The minimum atomic E-state index is -3.24. The number of benzene rings is 2. The van der Waals surface area contributed by atoms with E-state index in [0.29, 0.717) is 22.6 Å². The molecule has 10 heteroatoms. The van der Waals surface area contributed by atoms with Crippen LogP contribution >= 0.6 is 0 Å². The second-order valence-corrected chi connectivity index (χ2v) is 6.27. The Balaban J connectivity index is 2.04. The standard InChI is InChI=1S/C21H17F4N3O3/c1-13(29)14-2-4-16(5-3-14)28(12-15-11-26-8-9-27-15)17-6-7-18(30-20(22)23)19(10-17)31-21(24)25/h2-11,20-21H,12H2,1H3. The van der Waals surface area contributed by atoms with E-state index >= 15 is 0 Å². The molecule has 0 bridgehead atoms.